The van der Waals surface area contributed by atoms with Gasteiger partial charge in [0.25, 0.3) is 0 Å². The lowest BCUT2D eigenvalue weighted by Crippen LogP contribution is -2.48. The van der Waals surface area contributed by atoms with Crippen LogP contribution in [0, 0.1) is 5.92 Å². The maximum atomic E-state index is 11.5. The molecule has 3 nitrogen and oxygen atoms in total. The molecule has 0 aromatic heterocycles. The second kappa shape index (κ2) is 3.78. The first-order valence-electron chi connectivity index (χ1n) is 6.35. The van der Waals surface area contributed by atoms with Gasteiger partial charge in [0.2, 0.25) is 5.91 Å². The standard InChI is InChI=1S/C12H20N2O/c15-12-6-10-2-1-3-11(7-13-12)14(10)8-9-4-5-9/h9-11H,1-8H2,(H,13,15)/t10-,11+/m1/s1. The molecule has 1 aliphatic carbocycles. The Bertz CT molecular complexity index is 262. The van der Waals surface area contributed by atoms with Crippen LogP contribution in [0.5, 0.6) is 0 Å². The summed E-state index contributed by atoms with van der Waals surface area (Å²) in [6.45, 7) is 2.15. The van der Waals surface area contributed by atoms with Gasteiger partial charge in [0, 0.05) is 31.6 Å². The first-order chi connectivity index (χ1) is 7.33. The predicted molar refractivity (Wildman–Crippen MR) is 58.5 cm³/mol. The van der Waals surface area contributed by atoms with Gasteiger partial charge in [-0.05, 0) is 31.6 Å². The SMILES string of the molecule is O=C1C[C@H]2CCC[C@@H](CN1)N2CC1CC1. The molecule has 1 saturated carbocycles. The summed E-state index contributed by atoms with van der Waals surface area (Å²) in [6.07, 6.45) is 7.39. The van der Waals surface area contributed by atoms with E-state index >= 15 is 0 Å². The highest BCUT2D eigenvalue weighted by molar-refractivity contribution is 5.77. The monoisotopic (exact) mass is 208 g/mol. The molecular weight excluding hydrogens is 188 g/mol. The number of hydrogen-bond acceptors (Lipinski definition) is 2. The van der Waals surface area contributed by atoms with Crippen molar-refractivity contribution in [1.82, 2.24) is 10.2 Å². The molecule has 84 valence electrons. The van der Waals surface area contributed by atoms with Gasteiger partial charge in [-0.3, -0.25) is 9.69 Å². The van der Waals surface area contributed by atoms with Crippen LogP contribution in [0.1, 0.15) is 38.5 Å². The van der Waals surface area contributed by atoms with Crippen molar-refractivity contribution >= 4 is 5.91 Å². The second-order valence-electron chi connectivity index (χ2n) is 5.39. The molecule has 0 spiro atoms. The minimum absolute atomic E-state index is 0.269. The minimum Gasteiger partial charge on any atom is -0.354 e. The molecule has 15 heavy (non-hydrogen) atoms. The number of amides is 1. The van der Waals surface area contributed by atoms with Crippen molar-refractivity contribution in [2.24, 2.45) is 5.92 Å². The molecule has 3 aliphatic rings. The van der Waals surface area contributed by atoms with Gasteiger partial charge >= 0.3 is 0 Å². The number of fused-ring (bicyclic) bond motifs is 2. The highest BCUT2D eigenvalue weighted by Gasteiger charge is 2.37. The van der Waals surface area contributed by atoms with E-state index in [-0.39, 0.29) is 5.91 Å². The van der Waals surface area contributed by atoms with E-state index in [0.29, 0.717) is 12.1 Å². The topological polar surface area (TPSA) is 32.3 Å². The highest BCUT2D eigenvalue weighted by atomic mass is 16.1. The van der Waals surface area contributed by atoms with Crippen LogP contribution in [-0.4, -0.2) is 36.0 Å². The Morgan fingerprint density at radius 3 is 2.80 bits per heavy atom. The largest absolute Gasteiger partial charge is 0.354 e. The van der Waals surface area contributed by atoms with Crippen LogP contribution in [0.4, 0.5) is 0 Å². The molecule has 1 N–H and O–H groups in total. The molecule has 3 heteroatoms. The molecule has 1 amide bonds. The molecule has 2 saturated heterocycles. The molecule has 2 bridgehead atoms. The van der Waals surface area contributed by atoms with E-state index in [4.69, 9.17) is 0 Å². The van der Waals surface area contributed by atoms with Crippen molar-refractivity contribution in [2.75, 3.05) is 13.1 Å². The molecule has 2 heterocycles. The van der Waals surface area contributed by atoms with Crippen LogP contribution in [0.3, 0.4) is 0 Å². The van der Waals surface area contributed by atoms with Crippen molar-refractivity contribution in [3.63, 3.8) is 0 Å². The van der Waals surface area contributed by atoms with E-state index in [1.165, 1.54) is 38.6 Å². The average Bonchev–Trinajstić information content (AvgIpc) is 3.02. The lowest BCUT2D eigenvalue weighted by molar-refractivity contribution is -0.121. The number of nitrogens with zero attached hydrogens (tertiary/aromatic N) is 1. The number of piperidine rings is 1. The van der Waals surface area contributed by atoms with Crippen molar-refractivity contribution in [3.8, 4) is 0 Å². The number of carbonyl (C=O) groups excluding carboxylic acids is 1. The third-order valence-electron chi connectivity index (χ3n) is 4.13. The molecule has 3 rings (SSSR count). The summed E-state index contributed by atoms with van der Waals surface area (Å²) in [5.74, 6) is 1.21. The zero-order valence-corrected chi connectivity index (χ0v) is 9.24. The average molecular weight is 208 g/mol. The fourth-order valence-electron chi connectivity index (χ4n) is 3.07. The highest BCUT2D eigenvalue weighted by Crippen LogP contribution is 2.35. The molecule has 2 atom stereocenters. The van der Waals surface area contributed by atoms with Crippen molar-refractivity contribution in [3.05, 3.63) is 0 Å². The summed E-state index contributed by atoms with van der Waals surface area (Å²) in [6, 6.07) is 1.18. The van der Waals surface area contributed by atoms with Crippen molar-refractivity contribution < 1.29 is 4.79 Å². The van der Waals surface area contributed by atoms with E-state index in [1.807, 2.05) is 0 Å². The van der Waals surface area contributed by atoms with Gasteiger partial charge in [-0.2, -0.15) is 0 Å². The van der Waals surface area contributed by atoms with E-state index in [1.54, 1.807) is 0 Å². The molecule has 3 fully saturated rings. The van der Waals surface area contributed by atoms with Gasteiger partial charge < -0.3 is 5.32 Å². The van der Waals surface area contributed by atoms with Crippen LogP contribution in [0.2, 0.25) is 0 Å². The predicted octanol–water partition coefficient (Wildman–Crippen LogP) is 1.14. The number of nitrogens with one attached hydrogen (secondary N) is 1. The molecule has 0 unspecified atom stereocenters. The Hall–Kier alpha value is -0.570. The second-order valence-corrected chi connectivity index (χ2v) is 5.39. The van der Waals surface area contributed by atoms with Gasteiger partial charge in [0.15, 0.2) is 0 Å². The Morgan fingerprint density at radius 2 is 2.00 bits per heavy atom. The molecule has 0 aromatic carbocycles. The zero-order chi connectivity index (χ0) is 10.3. The van der Waals surface area contributed by atoms with E-state index in [2.05, 4.69) is 10.2 Å². The van der Waals surface area contributed by atoms with Gasteiger partial charge in [-0.25, -0.2) is 0 Å². The first-order valence-corrected chi connectivity index (χ1v) is 6.35. The first kappa shape index (κ1) is 9.64. The zero-order valence-electron chi connectivity index (χ0n) is 9.24. The lowest BCUT2D eigenvalue weighted by atomic mass is 9.94. The fraction of sp³-hybridized carbons (Fsp3) is 0.917. The van der Waals surface area contributed by atoms with E-state index < -0.39 is 0 Å². The number of rotatable bonds is 2. The van der Waals surface area contributed by atoms with Gasteiger partial charge in [0.05, 0.1) is 0 Å². The Balaban J connectivity index is 1.74. The summed E-state index contributed by atoms with van der Waals surface area (Å²) in [5, 5.41) is 3.06. The summed E-state index contributed by atoms with van der Waals surface area (Å²) >= 11 is 0. The van der Waals surface area contributed by atoms with Crippen LogP contribution >= 0.6 is 0 Å². The van der Waals surface area contributed by atoms with Gasteiger partial charge in [-0.1, -0.05) is 6.42 Å². The van der Waals surface area contributed by atoms with Crippen molar-refractivity contribution in [1.29, 1.82) is 0 Å². The molecular formula is C12H20N2O. The van der Waals surface area contributed by atoms with Crippen LogP contribution < -0.4 is 5.32 Å². The Kier molecular flexibility index (Phi) is 2.43. The Morgan fingerprint density at radius 1 is 1.20 bits per heavy atom. The third-order valence-corrected chi connectivity index (χ3v) is 4.13. The van der Waals surface area contributed by atoms with Crippen molar-refractivity contribution in [2.45, 2.75) is 50.6 Å². The molecule has 0 radical (unpaired) electrons. The molecule has 2 aliphatic heterocycles. The van der Waals surface area contributed by atoms with Gasteiger partial charge in [0.1, 0.15) is 0 Å². The summed E-state index contributed by atoms with van der Waals surface area (Å²) in [5.41, 5.74) is 0. The minimum atomic E-state index is 0.269. The van der Waals surface area contributed by atoms with Crippen LogP contribution in [0.15, 0.2) is 0 Å². The quantitative estimate of drug-likeness (QED) is 0.738. The van der Waals surface area contributed by atoms with Gasteiger partial charge in [-0.15, -0.1) is 0 Å². The fourth-order valence-corrected chi connectivity index (χ4v) is 3.07. The number of hydrogen-bond donors (Lipinski definition) is 1. The maximum Gasteiger partial charge on any atom is 0.221 e. The van der Waals surface area contributed by atoms with Crippen LogP contribution in [-0.2, 0) is 4.79 Å². The third kappa shape index (κ3) is 2.03. The lowest BCUT2D eigenvalue weighted by Gasteiger charge is -2.40. The van der Waals surface area contributed by atoms with E-state index in [9.17, 15) is 4.79 Å². The Labute approximate surface area is 91.2 Å². The molecule has 0 aromatic rings. The maximum absolute atomic E-state index is 11.5. The summed E-state index contributed by atoms with van der Waals surface area (Å²) in [7, 11) is 0. The number of carbonyl (C=O) groups is 1. The van der Waals surface area contributed by atoms with Crippen LogP contribution in [0.25, 0.3) is 0 Å². The normalized spacial score (nSPS) is 37.2. The van der Waals surface area contributed by atoms with E-state index in [0.717, 1.165) is 18.9 Å². The summed E-state index contributed by atoms with van der Waals surface area (Å²) in [4.78, 5) is 14.2. The summed E-state index contributed by atoms with van der Waals surface area (Å²) < 4.78 is 0. The smallest absolute Gasteiger partial charge is 0.221 e.